The van der Waals surface area contributed by atoms with Gasteiger partial charge in [-0.1, -0.05) is 85.4 Å². The Morgan fingerprint density at radius 2 is 1.45 bits per heavy atom. The summed E-state index contributed by atoms with van der Waals surface area (Å²) in [4.78, 5) is 29.3. The minimum absolute atomic E-state index is 0.244. The van der Waals surface area contributed by atoms with Crippen LogP contribution in [0.2, 0.25) is 0 Å². The molecule has 156 valence electrons. The van der Waals surface area contributed by atoms with Gasteiger partial charge >= 0.3 is 0 Å². The monoisotopic (exact) mass is 428 g/mol. The molecule has 0 radical (unpaired) electrons. The molecule has 0 aromatic heterocycles. The highest BCUT2D eigenvalue weighted by Gasteiger charge is 2.39. The van der Waals surface area contributed by atoms with Crippen molar-refractivity contribution in [3.63, 3.8) is 0 Å². The number of rotatable bonds is 8. The van der Waals surface area contributed by atoms with Crippen molar-refractivity contribution in [2.24, 2.45) is 0 Å². The van der Waals surface area contributed by atoms with E-state index in [1.165, 1.54) is 16.7 Å². The summed E-state index contributed by atoms with van der Waals surface area (Å²) in [5.41, 5.74) is 3.41. The van der Waals surface area contributed by atoms with Gasteiger partial charge in [0.2, 0.25) is 0 Å². The SMILES string of the molecule is CCc1ccccc1NC1=C(Sc2ccccc2)C(=O)N(CCc2ccccc2)C1=O. The average Bonchev–Trinajstić information content (AvgIpc) is 3.03. The van der Waals surface area contributed by atoms with Crippen LogP contribution in [0.5, 0.6) is 0 Å². The third-order valence-corrected chi connectivity index (χ3v) is 6.30. The van der Waals surface area contributed by atoms with Gasteiger partial charge in [0, 0.05) is 17.1 Å². The molecule has 1 heterocycles. The molecular formula is C26H24N2O2S. The van der Waals surface area contributed by atoms with Gasteiger partial charge in [-0.15, -0.1) is 0 Å². The van der Waals surface area contributed by atoms with E-state index in [9.17, 15) is 9.59 Å². The molecule has 3 aromatic carbocycles. The predicted molar refractivity (Wildman–Crippen MR) is 126 cm³/mol. The van der Waals surface area contributed by atoms with Gasteiger partial charge in [-0.05, 0) is 42.2 Å². The van der Waals surface area contributed by atoms with Crippen molar-refractivity contribution in [1.82, 2.24) is 4.90 Å². The van der Waals surface area contributed by atoms with E-state index in [-0.39, 0.29) is 11.8 Å². The highest BCUT2D eigenvalue weighted by Crippen LogP contribution is 2.36. The number of hydrogen-bond donors (Lipinski definition) is 1. The molecule has 2 amide bonds. The lowest BCUT2D eigenvalue weighted by Crippen LogP contribution is -2.34. The Morgan fingerprint density at radius 1 is 0.806 bits per heavy atom. The highest BCUT2D eigenvalue weighted by molar-refractivity contribution is 8.04. The molecule has 1 aliphatic rings. The van der Waals surface area contributed by atoms with Crippen LogP contribution in [0, 0.1) is 0 Å². The minimum Gasteiger partial charge on any atom is -0.350 e. The van der Waals surface area contributed by atoms with Crippen molar-refractivity contribution in [2.45, 2.75) is 24.7 Å². The lowest BCUT2D eigenvalue weighted by atomic mass is 10.1. The van der Waals surface area contributed by atoms with E-state index in [2.05, 4.69) is 12.2 Å². The maximum atomic E-state index is 13.3. The van der Waals surface area contributed by atoms with Crippen molar-refractivity contribution < 1.29 is 9.59 Å². The number of benzene rings is 3. The number of para-hydroxylation sites is 1. The number of thioether (sulfide) groups is 1. The van der Waals surface area contributed by atoms with E-state index in [1.54, 1.807) is 0 Å². The summed E-state index contributed by atoms with van der Waals surface area (Å²) >= 11 is 1.33. The van der Waals surface area contributed by atoms with Crippen molar-refractivity contribution in [3.05, 3.63) is 107 Å². The Labute approximate surface area is 187 Å². The van der Waals surface area contributed by atoms with Crippen molar-refractivity contribution in [1.29, 1.82) is 0 Å². The number of nitrogens with one attached hydrogen (secondary N) is 1. The fourth-order valence-corrected chi connectivity index (χ4v) is 4.51. The fraction of sp³-hybridized carbons (Fsp3) is 0.154. The first-order chi connectivity index (χ1) is 15.2. The number of anilines is 1. The highest BCUT2D eigenvalue weighted by atomic mass is 32.2. The maximum Gasteiger partial charge on any atom is 0.278 e. The summed E-state index contributed by atoms with van der Waals surface area (Å²) in [7, 11) is 0. The Balaban J connectivity index is 1.63. The van der Waals surface area contributed by atoms with Crippen LogP contribution in [0.4, 0.5) is 5.69 Å². The molecule has 1 N–H and O–H groups in total. The van der Waals surface area contributed by atoms with Gasteiger partial charge in [0.1, 0.15) is 10.6 Å². The third-order valence-electron chi connectivity index (χ3n) is 5.21. The van der Waals surface area contributed by atoms with Gasteiger partial charge in [-0.3, -0.25) is 14.5 Å². The average molecular weight is 429 g/mol. The number of amides is 2. The predicted octanol–water partition coefficient (Wildman–Crippen LogP) is 5.28. The lowest BCUT2D eigenvalue weighted by molar-refractivity contribution is -0.137. The molecule has 4 nitrogen and oxygen atoms in total. The number of imide groups is 1. The molecule has 0 fully saturated rings. The molecule has 4 rings (SSSR count). The zero-order valence-corrected chi connectivity index (χ0v) is 18.2. The molecule has 0 unspecified atom stereocenters. The standard InChI is InChI=1S/C26H24N2O2S/c1-2-20-13-9-10-16-22(20)27-23-24(31-21-14-7-4-8-15-21)26(30)28(25(23)29)18-17-19-11-5-3-6-12-19/h3-16,27H,2,17-18H2,1H3. The summed E-state index contributed by atoms with van der Waals surface area (Å²) < 4.78 is 0. The van der Waals surface area contributed by atoms with Gasteiger partial charge in [0.25, 0.3) is 11.8 Å². The molecule has 0 atom stereocenters. The van der Waals surface area contributed by atoms with Crippen LogP contribution < -0.4 is 5.32 Å². The second-order valence-corrected chi connectivity index (χ2v) is 8.34. The first-order valence-corrected chi connectivity index (χ1v) is 11.2. The molecule has 0 saturated heterocycles. The molecule has 3 aromatic rings. The lowest BCUT2D eigenvalue weighted by Gasteiger charge is -2.16. The molecule has 0 aliphatic carbocycles. The molecule has 0 spiro atoms. The van der Waals surface area contributed by atoms with Crippen LogP contribution in [0.3, 0.4) is 0 Å². The number of nitrogens with zero attached hydrogens (tertiary/aromatic N) is 1. The molecular weight excluding hydrogens is 404 g/mol. The van der Waals surface area contributed by atoms with Crippen LogP contribution in [-0.2, 0) is 22.4 Å². The normalized spacial score (nSPS) is 13.8. The fourth-order valence-electron chi connectivity index (χ4n) is 3.54. The van der Waals surface area contributed by atoms with Crippen LogP contribution in [0.25, 0.3) is 0 Å². The third kappa shape index (κ3) is 4.72. The van der Waals surface area contributed by atoms with E-state index in [0.29, 0.717) is 23.6 Å². The van der Waals surface area contributed by atoms with Crippen LogP contribution in [0.15, 0.2) is 100 Å². The van der Waals surface area contributed by atoms with Gasteiger partial charge in [-0.25, -0.2) is 0 Å². The summed E-state index contributed by atoms with van der Waals surface area (Å²) in [6, 6.07) is 27.5. The summed E-state index contributed by atoms with van der Waals surface area (Å²) in [6.07, 6.45) is 1.46. The summed E-state index contributed by atoms with van der Waals surface area (Å²) in [5, 5.41) is 3.29. The van der Waals surface area contributed by atoms with Crippen molar-refractivity contribution in [3.8, 4) is 0 Å². The molecule has 5 heteroatoms. The van der Waals surface area contributed by atoms with E-state index >= 15 is 0 Å². The zero-order valence-electron chi connectivity index (χ0n) is 17.4. The summed E-state index contributed by atoms with van der Waals surface area (Å²) in [5.74, 6) is -0.517. The Bertz CT molecular complexity index is 1110. The first kappa shape index (κ1) is 20.9. The topological polar surface area (TPSA) is 49.4 Å². The van der Waals surface area contributed by atoms with Gasteiger partial charge in [0.15, 0.2) is 0 Å². The van der Waals surface area contributed by atoms with E-state index in [4.69, 9.17) is 0 Å². The molecule has 31 heavy (non-hydrogen) atoms. The smallest absolute Gasteiger partial charge is 0.278 e. The molecule has 0 saturated carbocycles. The number of aryl methyl sites for hydroxylation is 1. The van der Waals surface area contributed by atoms with Gasteiger partial charge < -0.3 is 5.32 Å². The van der Waals surface area contributed by atoms with Gasteiger partial charge in [-0.2, -0.15) is 0 Å². The Morgan fingerprint density at radius 3 is 2.16 bits per heavy atom. The second-order valence-electron chi connectivity index (χ2n) is 7.25. The van der Waals surface area contributed by atoms with E-state index in [1.807, 2.05) is 84.9 Å². The maximum absolute atomic E-state index is 13.3. The quantitative estimate of drug-likeness (QED) is 0.496. The number of carbonyl (C=O) groups is 2. The molecule has 0 bridgehead atoms. The van der Waals surface area contributed by atoms with Crippen LogP contribution >= 0.6 is 11.8 Å². The van der Waals surface area contributed by atoms with E-state index in [0.717, 1.165) is 28.1 Å². The van der Waals surface area contributed by atoms with Gasteiger partial charge in [0.05, 0.1) is 0 Å². The zero-order chi connectivity index (χ0) is 21.6. The van der Waals surface area contributed by atoms with Crippen LogP contribution in [-0.4, -0.2) is 23.3 Å². The number of hydrogen-bond acceptors (Lipinski definition) is 4. The van der Waals surface area contributed by atoms with Crippen LogP contribution in [0.1, 0.15) is 18.1 Å². The summed E-state index contributed by atoms with van der Waals surface area (Å²) in [6.45, 7) is 2.42. The Kier molecular flexibility index (Phi) is 6.53. The molecule has 1 aliphatic heterocycles. The van der Waals surface area contributed by atoms with Crippen molar-refractivity contribution >= 4 is 29.3 Å². The minimum atomic E-state index is -0.273. The number of carbonyl (C=O) groups excluding carboxylic acids is 2. The van der Waals surface area contributed by atoms with E-state index < -0.39 is 0 Å². The second kappa shape index (κ2) is 9.67. The van der Waals surface area contributed by atoms with Crippen molar-refractivity contribution in [2.75, 3.05) is 11.9 Å². The first-order valence-electron chi connectivity index (χ1n) is 10.4. The Hall–Kier alpha value is -3.31. The largest absolute Gasteiger partial charge is 0.350 e.